The van der Waals surface area contributed by atoms with Gasteiger partial charge in [-0.1, -0.05) is 35.5 Å². The highest BCUT2D eigenvalue weighted by Gasteiger charge is 2.50. The number of aliphatic hydroxyl groups is 6. The number of carboxylic acids is 1. The van der Waals surface area contributed by atoms with E-state index < -0.39 is 106 Å². The van der Waals surface area contributed by atoms with E-state index in [0.717, 1.165) is 5.56 Å². The Labute approximate surface area is 290 Å². The van der Waals surface area contributed by atoms with Crippen LogP contribution >= 0.6 is 0 Å². The molecule has 2 aromatic rings. The Bertz CT molecular complexity index is 1400. The van der Waals surface area contributed by atoms with Gasteiger partial charge in [0, 0.05) is 6.54 Å². The molecule has 11 N–H and O–H groups in total. The number of aliphatic carboxylic acids is 1. The minimum absolute atomic E-state index is 0.0104. The van der Waals surface area contributed by atoms with Gasteiger partial charge in [-0.25, -0.2) is 4.79 Å². The molecule has 4 rings (SSSR count). The molecule has 1 aromatic carbocycles. The predicted molar refractivity (Wildman–Crippen MR) is 167 cm³/mol. The number of benzene rings is 1. The lowest BCUT2D eigenvalue weighted by Crippen LogP contribution is -2.64. The van der Waals surface area contributed by atoms with Crippen LogP contribution in [0.4, 0.5) is 0 Å². The second-order valence-electron chi connectivity index (χ2n) is 11.9. The summed E-state index contributed by atoms with van der Waals surface area (Å²) < 4.78 is 28.1. The molecular weight excluding hydrogens is 684 g/mol. The zero-order valence-electron chi connectivity index (χ0n) is 27.3. The summed E-state index contributed by atoms with van der Waals surface area (Å²) in [5.74, 6) is -2.20. The van der Waals surface area contributed by atoms with Gasteiger partial charge in [0.1, 0.15) is 67.7 Å². The minimum atomic E-state index is -1.88. The molecule has 51 heavy (non-hydrogen) atoms. The van der Waals surface area contributed by atoms with E-state index in [2.05, 4.69) is 20.9 Å². The number of carbonyl (C=O) groups excluding carboxylic acids is 2. The first-order valence-electron chi connectivity index (χ1n) is 16.0. The Morgan fingerprint density at radius 2 is 1.59 bits per heavy atom. The van der Waals surface area contributed by atoms with Crippen LogP contribution in [0.15, 0.2) is 36.5 Å². The van der Waals surface area contributed by atoms with E-state index in [-0.39, 0.29) is 19.0 Å². The van der Waals surface area contributed by atoms with Crippen LogP contribution in [0, 0.1) is 0 Å². The average molecular weight is 729 g/mol. The summed E-state index contributed by atoms with van der Waals surface area (Å²) >= 11 is 0. The first-order chi connectivity index (χ1) is 24.3. The second-order valence-corrected chi connectivity index (χ2v) is 11.9. The molecule has 2 fully saturated rings. The van der Waals surface area contributed by atoms with E-state index >= 15 is 0 Å². The lowest BCUT2D eigenvalue weighted by Gasteiger charge is -2.45. The SMILES string of the molecule is NC(Cc1ccccc1)C(=O)NCCn1cc(CNC(=O)COCC2OC(OC3C(COCC(=O)O)OC(O)C(O)C3O)C(O)C(O)C2O)nn1. The van der Waals surface area contributed by atoms with E-state index in [0.29, 0.717) is 18.7 Å². The summed E-state index contributed by atoms with van der Waals surface area (Å²) in [7, 11) is 0. The number of aliphatic hydroxyl groups excluding tert-OH is 6. The van der Waals surface area contributed by atoms with E-state index in [1.807, 2.05) is 30.3 Å². The maximum Gasteiger partial charge on any atom is 0.329 e. The van der Waals surface area contributed by atoms with Crippen molar-refractivity contribution in [1.29, 1.82) is 0 Å². The molecule has 0 bridgehead atoms. The topological polar surface area (TPSA) is 320 Å². The van der Waals surface area contributed by atoms with Crippen molar-refractivity contribution >= 4 is 17.8 Å². The Hall–Kier alpha value is -3.71. The molecule has 0 spiro atoms. The number of nitrogens with one attached hydrogen (secondary N) is 2. The third kappa shape index (κ3) is 11.6. The normalized spacial score (nSPS) is 30.0. The molecule has 21 nitrogen and oxygen atoms in total. The highest BCUT2D eigenvalue weighted by atomic mass is 16.7. The third-order valence-electron chi connectivity index (χ3n) is 7.97. The van der Waals surface area contributed by atoms with Gasteiger partial charge in [0.05, 0.1) is 38.5 Å². The van der Waals surface area contributed by atoms with Crippen molar-refractivity contribution in [3.05, 3.63) is 47.8 Å². The van der Waals surface area contributed by atoms with Crippen LogP contribution in [0.1, 0.15) is 11.3 Å². The molecule has 2 aliphatic heterocycles. The van der Waals surface area contributed by atoms with Gasteiger partial charge in [0.25, 0.3) is 0 Å². The highest BCUT2D eigenvalue weighted by molar-refractivity contribution is 5.81. The molecule has 11 unspecified atom stereocenters. The molecule has 11 atom stereocenters. The highest BCUT2D eigenvalue weighted by Crippen LogP contribution is 2.29. The maximum atomic E-state index is 12.4. The number of rotatable bonds is 18. The lowest BCUT2D eigenvalue weighted by molar-refractivity contribution is -0.356. The Morgan fingerprint density at radius 3 is 2.31 bits per heavy atom. The molecule has 1 aromatic heterocycles. The summed E-state index contributed by atoms with van der Waals surface area (Å²) in [5.41, 5.74) is 7.34. The van der Waals surface area contributed by atoms with Crippen molar-refractivity contribution in [2.75, 3.05) is 33.0 Å². The monoisotopic (exact) mass is 728 g/mol. The van der Waals surface area contributed by atoms with Crippen molar-refractivity contribution < 1.29 is 73.8 Å². The number of carboxylic acid groups (broad SMARTS) is 1. The predicted octanol–water partition coefficient (Wildman–Crippen LogP) is -5.67. The van der Waals surface area contributed by atoms with Crippen LogP contribution in [0.2, 0.25) is 0 Å². The van der Waals surface area contributed by atoms with Crippen molar-refractivity contribution in [2.45, 2.75) is 87.0 Å². The standard InChI is InChI=1S/C30H44N6O15/c31-17(8-15-4-2-1-3-5-15)28(45)32-6-7-36-10-16(34-35-36)9-33-20(37)13-47-11-18-22(40)23(41)26(44)30(50-18)51-27-19(12-48-14-21(38)39)49-29(46)25(43)24(27)42/h1-5,10,17-19,22-27,29-30,40-44,46H,6-9,11-14,31H2,(H,32,45)(H,33,37)(H,38,39). The quantitative estimate of drug-likeness (QED) is 0.0684. The van der Waals surface area contributed by atoms with Crippen LogP contribution in [0.25, 0.3) is 0 Å². The summed E-state index contributed by atoms with van der Waals surface area (Å²) in [6.07, 6.45) is -15.0. The Balaban J connectivity index is 1.19. The zero-order valence-corrected chi connectivity index (χ0v) is 27.3. The number of hydrogen-bond acceptors (Lipinski definition) is 17. The largest absolute Gasteiger partial charge is 0.480 e. The van der Waals surface area contributed by atoms with E-state index in [1.54, 1.807) is 6.20 Å². The van der Waals surface area contributed by atoms with Crippen LogP contribution in [0.3, 0.4) is 0 Å². The van der Waals surface area contributed by atoms with E-state index in [4.69, 9.17) is 34.5 Å². The number of ether oxygens (including phenoxy) is 5. The average Bonchev–Trinajstić information content (AvgIpc) is 3.56. The van der Waals surface area contributed by atoms with Crippen LogP contribution < -0.4 is 16.4 Å². The fraction of sp³-hybridized carbons (Fsp3) is 0.633. The molecule has 284 valence electrons. The van der Waals surface area contributed by atoms with Crippen LogP contribution in [0.5, 0.6) is 0 Å². The lowest BCUT2D eigenvalue weighted by atomic mass is 9.97. The number of nitrogens with zero attached hydrogens (tertiary/aromatic N) is 3. The van der Waals surface area contributed by atoms with Crippen molar-refractivity contribution in [3.63, 3.8) is 0 Å². The van der Waals surface area contributed by atoms with Crippen molar-refractivity contribution in [1.82, 2.24) is 25.6 Å². The van der Waals surface area contributed by atoms with Gasteiger partial charge in [-0.2, -0.15) is 0 Å². The third-order valence-corrected chi connectivity index (χ3v) is 7.97. The molecule has 0 aliphatic carbocycles. The van der Waals surface area contributed by atoms with Crippen molar-refractivity contribution in [3.8, 4) is 0 Å². The van der Waals surface area contributed by atoms with E-state index in [9.17, 15) is 45.0 Å². The summed E-state index contributed by atoms with van der Waals surface area (Å²) in [5, 5.41) is 83.9. The molecule has 2 amide bonds. The number of hydrogen-bond donors (Lipinski definition) is 10. The molecule has 2 aliphatic rings. The number of amides is 2. The van der Waals surface area contributed by atoms with Crippen LogP contribution in [-0.4, -0.2) is 169 Å². The fourth-order valence-corrected chi connectivity index (χ4v) is 5.23. The van der Waals surface area contributed by atoms with Crippen LogP contribution in [-0.2, 0) is 57.6 Å². The minimum Gasteiger partial charge on any atom is -0.480 e. The summed E-state index contributed by atoms with van der Waals surface area (Å²) in [4.78, 5) is 35.5. The van der Waals surface area contributed by atoms with Gasteiger partial charge >= 0.3 is 5.97 Å². The molecule has 3 heterocycles. The number of aromatic nitrogens is 3. The van der Waals surface area contributed by atoms with Crippen molar-refractivity contribution in [2.24, 2.45) is 5.73 Å². The first-order valence-corrected chi connectivity index (χ1v) is 16.0. The summed E-state index contributed by atoms with van der Waals surface area (Å²) in [6.45, 7) is -1.71. The second kappa shape index (κ2) is 19.2. The summed E-state index contributed by atoms with van der Waals surface area (Å²) in [6, 6.07) is 8.68. The maximum absolute atomic E-state index is 12.4. The van der Waals surface area contributed by atoms with E-state index in [1.165, 1.54) is 4.68 Å². The van der Waals surface area contributed by atoms with Gasteiger partial charge in [0.15, 0.2) is 12.6 Å². The first kappa shape index (κ1) is 40.1. The van der Waals surface area contributed by atoms with Gasteiger partial charge in [-0.05, 0) is 12.0 Å². The Kier molecular flexibility index (Phi) is 15.1. The fourth-order valence-electron chi connectivity index (χ4n) is 5.23. The molecule has 2 saturated heterocycles. The Morgan fingerprint density at radius 1 is 0.882 bits per heavy atom. The smallest absolute Gasteiger partial charge is 0.329 e. The van der Waals surface area contributed by atoms with Gasteiger partial charge < -0.3 is 75.8 Å². The molecular formula is C30H44N6O15. The zero-order chi connectivity index (χ0) is 37.1. The van der Waals surface area contributed by atoms with Gasteiger partial charge in [0.2, 0.25) is 11.8 Å². The van der Waals surface area contributed by atoms with Gasteiger partial charge in [-0.3, -0.25) is 14.3 Å². The van der Waals surface area contributed by atoms with Gasteiger partial charge in [-0.15, -0.1) is 5.10 Å². The molecule has 0 saturated carbocycles. The number of nitrogens with two attached hydrogens (primary N) is 1. The molecule has 21 heteroatoms. The molecule has 0 radical (unpaired) electrons. The number of carbonyl (C=O) groups is 3.